The van der Waals surface area contributed by atoms with Gasteiger partial charge in [0.15, 0.2) is 0 Å². The molecule has 0 atom stereocenters. The van der Waals surface area contributed by atoms with E-state index in [0.29, 0.717) is 0 Å². The molecule has 0 aliphatic carbocycles. The number of anilines is 3. The largest absolute Gasteiger partial charge is 0.456 e. The number of hydrogen-bond donors (Lipinski definition) is 0. The Morgan fingerprint density at radius 3 is 1.59 bits per heavy atom. The minimum atomic E-state index is 0.855. The Kier molecular flexibility index (Phi) is 4.69. The maximum Gasteiger partial charge on any atom is 0.143 e. The summed E-state index contributed by atoms with van der Waals surface area (Å²) in [5.74, 6) is 0. The highest BCUT2D eigenvalue weighted by Crippen LogP contribution is 2.43. The van der Waals surface area contributed by atoms with Crippen LogP contribution in [-0.4, -0.2) is 0 Å². The Morgan fingerprint density at radius 1 is 0.318 bits per heavy atom. The summed E-state index contributed by atoms with van der Waals surface area (Å²) >= 11 is 0. The van der Waals surface area contributed by atoms with Crippen molar-refractivity contribution < 1.29 is 13.3 Å². The number of furan rings is 3. The third-order valence-corrected chi connectivity index (χ3v) is 8.84. The SMILES string of the molecule is c1ccc2c(c1)oc1cc(N(c3ccc4c(ccc5c6ccccc6oc45)c3)c3ccc4oc5ccccc5c4c3)ccc12. The number of nitrogens with zero attached hydrogens (tertiary/aromatic N) is 1. The molecule has 4 heteroatoms. The van der Waals surface area contributed by atoms with Crippen LogP contribution in [0, 0.1) is 0 Å². The molecule has 10 rings (SSSR count). The van der Waals surface area contributed by atoms with Gasteiger partial charge in [0, 0.05) is 60.8 Å². The Hall–Kier alpha value is -6.00. The van der Waals surface area contributed by atoms with Crippen molar-refractivity contribution in [2.24, 2.45) is 0 Å². The van der Waals surface area contributed by atoms with Crippen LogP contribution in [0.2, 0.25) is 0 Å². The van der Waals surface area contributed by atoms with Crippen LogP contribution >= 0.6 is 0 Å². The highest BCUT2D eigenvalue weighted by Gasteiger charge is 2.19. The van der Waals surface area contributed by atoms with Crippen LogP contribution in [0.5, 0.6) is 0 Å². The second-order valence-corrected chi connectivity index (χ2v) is 11.3. The van der Waals surface area contributed by atoms with Crippen LogP contribution in [-0.2, 0) is 0 Å². The highest BCUT2D eigenvalue weighted by molar-refractivity contribution is 6.15. The normalized spacial score (nSPS) is 12.1. The first-order valence-corrected chi connectivity index (χ1v) is 14.8. The summed E-state index contributed by atoms with van der Waals surface area (Å²) in [6, 6.07) is 48.4. The molecule has 7 aromatic carbocycles. The van der Waals surface area contributed by atoms with Crippen molar-refractivity contribution in [2.75, 3.05) is 4.90 Å². The van der Waals surface area contributed by atoms with E-state index in [1.54, 1.807) is 0 Å². The zero-order valence-corrected chi connectivity index (χ0v) is 23.5. The van der Waals surface area contributed by atoms with Crippen LogP contribution in [0.4, 0.5) is 17.1 Å². The molecule has 4 nitrogen and oxygen atoms in total. The monoisotopic (exact) mass is 565 g/mol. The molecule has 0 saturated carbocycles. The summed E-state index contributed by atoms with van der Waals surface area (Å²) in [5.41, 5.74) is 8.39. The van der Waals surface area contributed by atoms with Crippen LogP contribution in [0.3, 0.4) is 0 Å². The van der Waals surface area contributed by atoms with E-state index in [0.717, 1.165) is 93.7 Å². The standard InChI is InChI=1S/C40H23NO3/c1-4-10-35-29(7-1)32-19-15-27(23-39(32)43-35)41(26-16-20-38-34(22-26)31-9-3-5-11-36(31)42-38)25-14-18-28-24(21-25)13-17-33-30-8-2-6-12-37(30)44-40(28)33/h1-23H. The molecular formula is C40H23NO3. The van der Waals surface area contributed by atoms with Crippen molar-refractivity contribution >= 4 is 93.7 Å². The summed E-state index contributed by atoms with van der Waals surface area (Å²) < 4.78 is 18.8. The van der Waals surface area contributed by atoms with E-state index in [-0.39, 0.29) is 0 Å². The van der Waals surface area contributed by atoms with Crippen molar-refractivity contribution in [3.63, 3.8) is 0 Å². The number of rotatable bonds is 3. The van der Waals surface area contributed by atoms with E-state index in [4.69, 9.17) is 13.3 Å². The molecule has 206 valence electrons. The van der Waals surface area contributed by atoms with Gasteiger partial charge in [-0.05, 0) is 78.2 Å². The van der Waals surface area contributed by atoms with E-state index in [1.165, 1.54) is 0 Å². The number of para-hydroxylation sites is 3. The Morgan fingerprint density at radius 2 is 0.818 bits per heavy atom. The van der Waals surface area contributed by atoms with Gasteiger partial charge in [-0.15, -0.1) is 0 Å². The van der Waals surface area contributed by atoms with Crippen molar-refractivity contribution in [3.8, 4) is 0 Å². The first-order valence-electron chi connectivity index (χ1n) is 14.8. The van der Waals surface area contributed by atoms with Gasteiger partial charge >= 0.3 is 0 Å². The van der Waals surface area contributed by atoms with Gasteiger partial charge < -0.3 is 18.2 Å². The molecule has 0 spiro atoms. The van der Waals surface area contributed by atoms with Gasteiger partial charge in [-0.3, -0.25) is 0 Å². The van der Waals surface area contributed by atoms with Crippen molar-refractivity contribution in [1.29, 1.82) is 0 Å². The molecule has 44 heavy (non-hydrogen) atoms. The van der Waals surface area contributed by atoms with E-state index in [2.05, 4.69) is 108 Å². The van der Waals surface area contributed by atoms with Crippen LogP contribution in [0.15, 0.2) is 153 Å². The lowest BCUT2D eigenvalue weighted by Crippen LogP contribution is -2.09. The predicted molar refractivity (Wildman–Crippen MR) is 180 cm³/mol. The highest BCUT2D eigenvalue weighted by atomic mass is 16.3. The molecule has 3 heterocycles. The lowest BCUT2D eigenvalue weighted by atomic mass is 10.0. The van der Waals surface area contributed by atoms with E-state index in [1.807, 2.05) is 36.4 Å². The van der Waals surface area contributed by atoms with Gasteiger partial charge in [0.1, 0.15) is 33.5 Å². The van der Waals surface area contributed by atoms with E-state index >= 15 is 0 Å². The average molecular weight is 566 g/mol. The van der Waals surface area contributed by atoms with Gasteiger partial charge in [-0.1, -0.05) is 60.7 Å². The molecule has 0 bridgehead atoms. The Labute approximate surface area is 250 Å². The molecule has 0 unspecified atom stereocenters. The summed E-state index contributed by atoms with van der Waals surface area (Å²) in [4.78, 5) is 2.29. The summed E-state index contributed by atoms with van der Waals surface area (Å²) in [5, 5.41) is 8.87. The molecule has 0 saturated heterocycles. The van der Waals surface area contributed by atoms with Crippen LogP contribution in [0.1, 0.15) is 0 Å². The molecular weight excluding hydrogens is 542 g/mol. The molecule has 0 fully saturated rings. The van der Waals surface area contributed by atoms with Gasteiger partial charge in [-0.25, -0.2) is 0 Å². The number of benzene rings is 7. The second-order valence-electron chi connectivity index (χ2n) is 11.3. The first kappa shape index (κ1) is 23.6. The zero-order chi connectivity index (χ0) is 28.8. The molecule has 0 N–H and O–H groups in total. The first-order chi connectivity index (χ1) is 21.8. The topological polar surface area (TPSA) is 42.7 Å². The third kappa shape index (κ3) is 3.33. The lowest BCUT2D eigenvalue weighted by Gasteiger charge is -2.26. The maximum atomic E-state index is 6.36. The van der Waals surface area contributed by atoms with Gasteiger partial charge in [-0.2, -0.15) is 0 Å². The maximum absolute atomic E-state index is 6.36. The van der Waals surface area contributed by atoms with Gasteiger partial charge in [0.05, 0.1) is 0 Å². The fraction of sp³-hybridized carbons (Fsp3) is 0. The van der Waals surface area contributed by atoms with E-state index < -0.39 is 0 Å². The molecule has 0 radical (unpaired) electrons. The third-order valence-electron chi connectivity index (χ3n) is 8.84. The van der Waals surface area contributed by atoms with Crippen molar-refractivity contribution in [2.45, 2.75) is 0 Å². The number of hydrogen-bond acceptors (Lipinski definition) is 4. The summed E-state index contributed by atoms with van der Waals surface area (Å²) in [7, 11) is 0. The average Bonchev–Trinajstić information content (AvgIpc) is 3.75. The minimum absolute atomic E-state index is 0.855. The molecule has 0 aliphatic rings. The zero-order valence-electron chi connectivity index (χ0n) is 23.5. The lowest BCUT2D eigenvalue weighted by molar-refractivity contribution is 0.668. The van der Waals surface area contributed by atoms with Crippen molar-refractivity contribution in [3.05, 3.63) is 140 Å². The van der Waals surface area contributed by atoms with Gasteiger partial charge in [0.25, 0.3) is 0 Å². The van der Waals surface area contributed by atoms with Crippen LogP contribution in [0.25, 0.3) is 76.6 Å². The Bertz CT molecular complexity index is 2740. The van der Waals surface area contributed by atoms with Gasteiger partial charge in [0.2, 0.25) is 0 Å². The molecule has 0 amide bonds. The molecule has 3 aromatic heterocycles. The van der Waals surface area contributed by atoms with Crippen molar-refractivity contribution in [1.82, 2.24) is 0 Å². The summed E-state index contributed by atoms with van der Waals surface area (Å²) in [6.45, 7) is 0. The summed E-state index contributed by atoms with van der Waals surface area (Å²) in [6.07, 6.45) is 0. The minimum Gasteiger partial charge on any atom is -0.456 e. The number of fused-ring (bicyclic) bond motifs is 11. The second kappa shape index (κ2) is 8.76. The quantitative estimate of drug-likeness (QED) is 0.214. The predicted octanol–water partition coefficient (Wildman–Crippen LogP) is 12.0. The molecule has 0 aliphatic heterocycles. The smallest absolute Gasteiger partial charge is 0.143 e. The van der Waals surface area contributed by atoms with E-state index in [9.17, 15) is 0 Å². The van der Waals surface area contributed by atoms with Crippen LogP contribution < -0.4 is 4.90 Å². The molecule has 10 aromatic rings. The fourth-order valence-electron chi connectivity index (χ4n) is 6.79. The Balaban J connectivity index is 1.21. The fourth-order valence-corrected chi connectivity index (χ4v) is 6.79.